The van der Waals surface area contributed by atoms with E-state index in [1.54, 1.807) is 0 Å². The monoisotopic (exact) mass is 307 g/mol. The van der Waals surface area contributed by atoms with Crippen LogP contribution in [0.5, 0.6) is 5.75 Å². The van der Waals surface area contributed by atoms with Crippen molar-refractivity contribution < 1.29 is 14.6 Å². The van der Waals surface area contributed by atoms with Gasteiger partial charge in [-0.2, -0.15) is 0 Å². The van der Waals surface area contributed by atoms with E-state index >= 15 is 0 Å². The summed E-state index contributed by atoms with van der Waals surface area (Å²) in [6, 6.07) is 9.45. The maximum atomic E-state index is 12.1. The topological polar surface area (TPSA) is 58.6 Å². The molecule has 1 aromatic carbocycles. The highest BCUT2D eigenvalue weighted by atomic mass is 16.5. The van der Waals surface area contributed by atoms with Crippen LogP contribution in [-0.2, 0) is 4.79 Å². The van der Waals surface area contributed by atoms with Crippen LogP contribution in [0.1, 0.15) is 34.6 Å². The second-order valence-electron chi connectivity index (χ2n) is 6.92. The summed E-state index contributed by atoms with van der Waals surface area (Å²) in [5.41, 5.74) is -0.357. The molecule has 0 aliphatic carbocycles. The number of rotatable bonds is 8. The molecule has 2 N–H and O–H groups in total. The van der Waals surface area contributed by atoms with Gasteiger partial charge in [0, 0.05) is 12.0 Å². The number of aliphatic hydroxyl groups excluding tert-OH is 1. The molecule has 4 nitrogen and oxygen atoms in total. The van der Waals surface area contributed by atoms with Crippen molar-refractivity contribution >= 4 is 5.91 Å². The number of hydrogen-bond acceptors (Lipinski definition) is 3. The Hall–Kier alpha value is -1.55. The number of ether oxygens (including phenoxy) is 1. The zero-order valence-corrected chi connectivity index (χ0v) is 14.3. The van der Waals surface area contributed by atoms with E-state index in [9.17, 15) is 9.90 Å². The quantitative estimate of drug-likeness (QED) is 0.776. The van der Waals surface area contributed by atoms with E-state index in [0.29, 0.717) is 13.2 Å². The molecule has 1 aromatic rings. The minimum Gasteiger partial charge on any atom is -0.493 e. The van der Waals surface area contributed by atoms with Crippen molar-refractivity contribution in [3.63, 3.8) is 0 Å². The van der Waals surface area contributed by atoms with Gasteiger partial charge >= 0.3 is 0 Å². The Kier molecular flexibility index (Phi) is 6.88. The van der Waals surface area contributed by atoms with Gasteiger partial charge in [0.2, 0.25) is 5.91 Å². The number of nitrogens with one attached hydrogen (secondary N) is 1. The Bertz CT molecular complexity index is 457. The van der Waals surface area contributed by atoms with Crippen molar-refractivity contribution in [2.24, 2.45) is 17.3 Å². The van der Waals surface area contributed by atoms with E-state index in [0.717, 1.165) is 5.75 Å². The number of amides is 1. The lowest BCUT2D eigenvalue weighted by atomic mass is 9.80. The molecule has 0 fully saturated rings. The van der Waals surface area contributed by atoms with Crippen LogP contribution in [-0.4, -0.2) is 30.3 Å². The van der Waals surface area contributed by atoms with E-state index in [1.165, 1.54) is 0 Å². The fourth-order valence-corrected chi connectivity index (χ4v) is 2.31. The molecule has 1 amide bonds. The lowest BCUT2D eigenvalue weighted by Gasteiger charge is -2.33. The average molecular weight is 307 g/mol. The second kappa shape index (κ2) is 8.18. The van der Waals surface area contributed by atoms with Gasteiger partial charge in [0.15, 0.2) is 0 Å². The average Bonchev–Trinajstić information content (AvgIpc) is 2.50. The fourth-order valence-electron chi connectivity index (χ4n) is 2.31. The number of aliphatic hydroxyl groups is 1. The zero-order valence-electron chi connectivity index (χ0n) is 14.3. The summed E-state index contributed by atoms with van der Waals surface area (Å²) in [5.74, 6) is 0.621. The van der Waals surface area contributed by atoms with E-state index in [4.69, 9.17) is 4.74 Å². The standard InChI is InChI=1S/C18H29NO3/c1-13(2)16(20)18(4,5)12-19-17(21)14(3)11-22-15-9-7-6-8-10-15/h6-10,13-14,16,20H,11-12H2,1-5H3,(H,19,21). The van der Waals surface area contributed by atoms with Crippen LogP contribution >= 0.6 is 0 Å². The predicted octanol–water partition coefficient (Wildman–Crippen LogP) is 2.86. The second-order valence-corrected chi connectivity index (χ2v) is 6.92. The third kappa shape index (κ3) is 5.68. The number of carbonyl (C=O) groups is 1. The molecule has 124 valence electrons. The SMILES string of the molecule is CC(COc1ccccc1)C(=O)NCC(C)(C)C(O)C(C)C. The first-order chi connectivity index (χ1) is 10.2. The maximum absolute atomic E-state index is 12.1. The van der Waals surface area contributed by atoms with Crippen LogP contribution in [0, 0.1) is 17.3 Å². The van der Waals surface area contributed by atoms with Crippen LogP contribution in [0.25, 0.3) is 0 Å². The summed E-state index contributed by atoms with van der Waals surface area (Å²) in [6.07, 6.45) is -0.455. The lowest BCUT2D eigenvalue weighted by Crippen LogP contribution is -2.45. The van der Waals surface area contributed by atoms with Crippen molar-refractivity contribution in [3.8, 4) is 5.75 Å². The zero-order chi connectivity index (χ0) is 16.8. The fraction of sp³-hybridized carbons (Fsp3) is 0.611. The number of carbonyl (C=O) groups excluding carboxylic acids is 1. The van der Waals surface area contributed by atoms with Gasteiger partial charge in [-0.05, 0) is 18.1 Å². The molecule has 1 rings (SSSR count). The van der Waals surface area contributed by atoms with Crippen molar-refractivity contribution in [2.75, 3.05) is 13.2 Å². The molecule has 0 spiro atoms. The largest absolute Gasteiger partial charge is 0.493 e. The molecular formula is C18H29NO3. The first-order valence-corrected chi connectivity index (χ1v) is 7.87. The van der Waals surface area contributed by atoms with Crippen LogP contribution in [0.4, 0.5) is 0 Å². The lowest BCUT2D eigenvalue weighted by molar-refractivity contribution is -0.126. The van der Waals surface area contributed by atoms with Gasteiger partial charge < -0.3 is 15.2 Å². The molecule has 2 atom stereocenters. The Morgan fingerprint density at radius 2 is 1.82 bits per heavy atom. The molecule has 0 heterocycles. The highest BCUT2D eigenvalue weighted by Gasteiger charge is 2.31. The summed E-state index contributed by atoms with van der Waals surface area (Å²) in [7, 11) is 0. The number of benzene rings is 1. The van der Waals surface area contributed by atoms with E-state index in [2.05, 4.69) is 5.32 Å². The molecule has 4 heteroatoms. The molecular weight excluding hydrogens is 278 g/mol. The van der Waals surface area contributed by atoms with Crippen molar-refractivity contribution in [3.05, 3.63) is 30.3 Å². The molecule has 0 bridgehead atoms. The highest BCUT2D eigenvalue weighted by molar-refractivity contribution is 5.78. The normalized spacial score (nSPS) is 14.5. The van der Waals surface area contributed by atoms with Crippen molar-refractivity contribution in [1.82, 2.24) is 5.32 Å². The molecule has 0 saturated heterocycles. The Labute approximate surface area is 133 Å². The first-order valence-electron chi connectivity index (χ1n) is 7.87. The summed E-state index contributed by atoms with van der Waals surface area (Å²) in [4.78, 5) is 12.1. The molecule has 2 unspecified atom stereocenters. The smallest absolute Gasteiger partial charge is 0.226 e. The summed E-state index contributed by atoms with van der Waals surface area (Å²) in [5, 5.41) is 13.1. The molecule has 0 aromatic heterocycles. The van der Waals surface area contributed by atoms with Gasteiger partial charge in [-0.15, -0.1) is 0 Å². The van der Waals surface area contributed by atoms with E-state index < -0.39 is 6.10 Å². The van der Waals surface area contributed by atoms with Gasteiger partial charge in [0.1, 0.15) is 5.75 Å². The Balaban J connectivity index is 2.41. The summed E-state index contributed by atoms with van der Waals surface area (Å²) in [6.45, 7) is 10.5. The van der Waals surface area contributed by atoms with Crippen molar-refractivity contribution in [2.45, 2.75) is 40.7 Å². The molecule has 0 aliphatic rings. The van der Waals surface area contributed by atoms with Crippen LogP contribution < -0.4 is 10.1 Å². The van der Waals surface area contributed by atoms with E-state index in [-0.39, 0.29) is 23.2 Å². The van der Waals surface area contributed by atoms with Crippen LogP contribution in [0.15, 0.2) is 30.3 Å². The van der Waals surface area contributed by atoms with Crippen LogP contribution in [0.2, 0.25) is 0 Å². The minimum atomic E-state index is -0.455. The molecule has 0 radical (unpaired) electrons. The Morgan fingerprint density at radius 3 is 2.36 bits per heavy atom. The van der Waals surface area contributed by atoms with Crippen LogP contribution in [0.3, 0.4) is 0 Å². The van der Waals surface area contributed by atoms with Gasteiger partial charge in [0.05, 0.1) is 18.6 Å². The van der Waals surface area contributed by atoms with Gasteiger partial charge in [-0.3, -0.25) is 4.79 Å². The van der Waals surface area contributed by atoms with E-state index in [1.807, 2.05) is 65.0 Å². The Morgan fingerprint density at radius 1 is 1.23 bits per heavy atom. The first kappa shape index (κ1) is 18.5. The van der Waals surface area contributed by atoms with Crippen molar-refractivity contribution in [1.29, 1.82) is 0 Å². The summed E-state index contributed by atoms with van der Waals surface area (Å²) >= 11 is 0. The predicted molar refractivity (Wildman–Crippen MR) is 88.7 cm³/mol. The third-order valence-electron chi connectivity index (χ3n) is 3.84. The third-order valence-corrected chi connectivity index (χ3v) is 3.84. The minimum absolute atomic E-state index is 0.0556. The van der Waals surface area contributed by atoms with Gasteiger partial charge in [-0.25, -0.2) is 0 Å². The number of para-hydroxylation sites is 1. The molecule has 22 heavy (non-hydrogen) atoms. The number of hydrogen-bond donors (Lipinski definition) is 2. The highest BCUT2D eigenvalue weighted by Crippen LogP contribution is 2.25. The van der Waals surface area contributed by atoms with Gasteiger partial charge in [0.25, 0.3) is 0 Å². The molecule has 0 aliphatic heterocycles. The van der Waals surface area contributed by atoms with Gasteiger partial charge in [-0.1, -0.05) is 52.8 Å². The maximum Gasteiger partial charge on any atom is 0.226 e. The summed E-state index contributed by atoms with van der Waals surface area (Å²) < 4.78 is 5.60. The molecule has 0 saturated carbocycles.